The first-order chi connectivity index (χ1) is 11.1. The minimum atomic E-state index is -0.319. The zero-order chi connectivity index (χ0) is 16.8. The van der Waals surface area contributed by atoms with Crippen LogP contribution in [-0.2, 0) is 0 Å². The fraction of sp³-hybridized carbons (Fsp3) is 0.375. The third-order valence-corrected chi connectivity index (χ3v) is 4.24. The van der Waals surface area contributed by atoms with Gasteiger partial charge in [-0.05, 0) is 43.9 Å². The van der Waals surface area contributed by atoms with Gasteiger partial charge >= 0.3 is 0 Å². The van der Waals surface area contributed by atoms with Crippen LogP contribution in [0.1, 0.15) is 22.5 Å². The highest BCUT2D eigenvalue weighted by Crippen LogP contribution is 2.15. The molecule has 0 spiro atoms. The molecular formula is C16H20FN3O2S. The molecule has 1 amide bonds. The van der Waals surface area contributed by atoms with Gasteiger partial charge in [-0.15, -0.1) is 0 Å². The predicted octanol–water partition coefficient (Wildman–Crippen LogP) is 2.16. The highest BCUT2D eigenvalue weighted by atomic mass is 32.2. The Bertz CT molecular complexity index is 652. The lowest BCUT2D eigenvalue weighted by atomic mass is 10.2. The van der Waals surface area contributed by atoms with Crippen molar-refractivity contribution >= 4 is 17.7 Å². The van der Waals surface area contributed by atoms with Crippen molar-refractivity contribution in [2.45, 2.75) is 19.4 Å². The van der Waals surface area contributed by atoms with E-state index in [2.05, 4.69) is 10.4 Å². The van der Waals surface area contributed by atoms with Crippen LogP contribution < -0.4 is 5.32 Å². The summed E-state index contributed by atoms with van der Waals surface area (Å²) in [7, 11) is 0. The van der Waals surface area contributed by atoms with Crippen LogP contribution in [0, 0.1) is 12.7 Å². The van der Waals surface area contributed by atoms with E-state index in [1.165, 1.54) is 18.3 Å². The molecule has 0 aliphatic heterocycles. The third kappa shape index (κ3) is 4.33. The molecule has 124 valence electrons. The standard InChI is InChI=1S/C16H20FN3O2S/c1-11-15(16(22)19-13(7-8-21)10-23-2)9-18-20(11)14-5-3-12(17)4-6-14/h3-6,9,13,21H,7-8,10H2,1-2H3,(H,19,22). The molecule has 0 aliphatic carbocycles. The van der Waals surface area contributed by atoms with E-state index in [4.69, 9.17) is 5.11 Å². The van der Waals surface area contributed by atoms with Crippen LogP contribution >= 0.6 is 11.8 Å². The average Bonchev–Trinajstić information content (AvgIpc) is 2.90. The summed E-state index contributed by atoms with van der Waals surface area (Å²) in [5, 5.41) is 16.2. The van der Waals surface area contributed by atoms with E-state index in [1.54, 1.807) is 35.5 Å². The number of aliphatic hydroxyl groups is 1. The van der Waals surface area contributed by atoms with E-state index in [1.807, 2.05) is 6.26 Å². The summed E-state index contributed by atoms with van der Waals surface area (Å²) in [6.45, 7) is 1.82. The van der Waals surface area contributed by atoms with Crippen molar-refractivity contribution in [2.75, 3.05) is 18.6 Å². The number of aromatic nitrogens is 2. The quantitative estimate of drug-likeness (QED) is 0.812. The maximum atomic E-state index is 13.0. The molecule has 1 atom stereocenters. The summed E-state index contributed by atoms with van der Waals surface area (Å²) in [6, 6.07) is 5.84. The molecule has 2 N–H and O–H groups in total. The van der Waals surface area contributed by atoms with Gasteiger partial charge in [0.05, 0.1) is 23.1 Å². The number of amides is 1. The van der Waals surface area contributed by atoms with Crippen molar-refractivity contribution < 1.29 is 14.3 Å². The predicted molar refractivity (Wildman–Crippen MR) is 89.6 cm³/mol. The van der Waals surface area contributed by atoms with E-state index >= 15 is 0 Å². The lowest BCUT2D eigenvalue weighted by molar-refractivity contribution is 0.0934. The number of hydrogen-bond donors (Lipinski definition) is 2. The van der Waals surface area contributed by atoms with Gasteiger partial charge < -0.3 is 10.4 Å². The summed E-state index contributed by atoms with van der Waals surface area (Å²) in [5.41, 5.74) is 1.85. The van der Waals surface area contributed by atoms with Crippen LogP contribution in [0.25, 0.3) is 5.69 Å². The fourth-order valence-corrected chi connectivity index (χ4v) is 2.94. The van der Waals surface area contributed by atoms with Crippen LogP contribution in [0.3, 0.4) is 0 Å². The SMILES string of the molecule is CSCC(CCO)NC(=O)c1cnn(-c2ccc(F)cc2)c1C. The van der Waals surface area contributed by atoms with Crippen LogP contribution in [-0.4, -0.2) is 45.5 Å². The smallest absolute Gasteiger partial charge is 0.255 e. The number of nitrogens with one attached hydrogen (secondary N) is 1. The number of nitrogens with zero attached hydrogens (tertiary/aromatic N) is 2. The molecule has 2 rings (SSSR count). The molecule has 0 saturated heterocycles. The second kappa shape index (κ2) is 8.12. The molecule has 1 heterocycles. The zero-order valence-corrected chi connectivity index (χ0v) is 13.9. The van der Waals surface area contributed by atoms with Crippen LogP contribution in [0.5, 0.6) is 0 Å². The lowest BCUT2D eigenvalue weighted by Crippen LogP contribution is -2.37. The van der Waals surface area contributed by atoms with Gasteiger partial charge in [0, 0.05) is 18.4 Å². The number of thioether (sulfide) groups is 1. The Kier molecular flexibility index (Phi) is 6.18. The molecule has 0 saturated carbocycles. The van der Waals surface area contributed by atoms with Crippen molar-refractivity contribution in [3.63, 3.8) is 0 Å². The van der Waals surface area contributed by atoms with Crippen LogP contribution in [0.15, 0.2) is 30.5 Å². The first-order valence-corrected chi connectivity index (χ1v) is 8.67. The summed E-state index contributed by atoms with van der Waals surface area (Å²) >= 11 is 1.61. The van der Waals surface area contributed by atoms with Gasteiger partial charge in [-0.2, -0.15) is 16.9 Å². The molecule has 7 heteroatoms. The zero-order valence-electron chi connectivity index (χ0n) is 13.1. The van der Waals surface area contributed by atoms with Crippen molar-refractivity contribution in [1.29, 1.82) is 0 Å². The summed E-state index contributed by atoms with van der Waals surface area (Å²) < 4.78 is 14.6. The van der Waals surface area contributed by atoms with Gasteiger partial charge in [-0.3, -0.25) is 4.79 Å². The van der Waals surface area contributed by atoms with Crippen molar-refractivity contribution in [1.82, 2.24) is 15.1 Å². The van der Waals surface area contributed by atoms with E-state index in [-0.39, 0.29) is 24.4 Å². The van der Waals surface area contributed by atoms with Gasteiger partial charge in [-0.1, -0.05) is 0 Å². The molecule has 1 aromatic heterocycles. The summed E-state index contributed by atoms with van der Waals surface area (Å²) in [5.74, 6) is 0.195. The summed E-state index contributed by atoms with van der Waals surface area (Å²) in [4.78, 5) is 12.4. The maximum absolute atomic E-state index is 13.0. The minimum absolute atomic E-state index is 0.0271. The highest BCUT2D eigenvalue weighted by Gasteiger charge is 2.18. The van der Waals surface area contributed by atoms with Gasteiger partial charge in [0.1, 0.15) is 5.82 Å². The molecule has 0 fully saturated rings. The molecular weight excluding hydrogens is 317 g/mol. The Hall–Kier alpha value is -1.86. The largest absolute Gasteiger partial charge is 0.396 e. The highest BCUT2D eigenvalue weighted by molar-refractivity contribution is 7.98. The number of hydrogen-bond acceptors (Lipinski definition) is 4. The molecule has 5 nitrogen and oxygen atoms in total. The maximum Gasteiger partial charge on any atom is 0.255 e. The number of benzene rings is 1. The van der Waals surface area contributed by atoms with Gasteiger partial charge in [0.25, 0.3) is 5.91 Å². The second-order valence-corrected chi connectivity index (χ2v) is 6.08. The van der Waals surface area contributed by atoms with Crippen LogP contribution in [0.2, 0.25) is 0 Å². The van der Waals surface area contributed by atoms with Gasteiger partial charge in [0.15, 0.2) is 0 Å². The second-order valence-electron chi connectivity index (χ2n) is 5.17. The Balaban J connectivity index is 2.17. The lowest BCUT2D eigenvalue weighted by Gasteiger charge is -2.16. The minimum Gasteiger partial charge on any atom is -0.396 e. The molecule has 1 aromatic carbocycles. The van der Waals surface area contributed by atoms with Crippen molar-refractivity contribution in [2.24, 2.45) is 0 Å². The van der Waals surface area contributed by atoms with E-state index < -0.39 is 0 Å². The Morgan fingerprint density at radius 1 is 1.43 bits per heavy atom. The third-order valence-electron chi connectivity index (χ3n) is 3.51. The normalized spacial score (nSPS) is 12.2. The average molecular weight is 337 g/mol. The number of halogens is 1. The van der Waals surface area contributed by atoms with E-state index in [0.29, 0.717) is 23.4 Å². The monoisotopic (exact) mass is 337 g/mol. The molecule has 1 unspecified atom stereocenters. The summed E-state index contributed by atoms with van der Waals surface area (Å²) in [6.07, 6.45) is 3.97. The molecule has 0 bridgehead atoms. The first-order valence-electron chi connectivity index (χ1n) is 7.28. The Morgan fingerprint density at radius 2 is 2.13 bits per heavy atom. The Labute approximate surface area is 138 Å². The Morgan fingerprint density at radius 3 is 2.74 bits per heavy atom. The van der Waals surface area contributed by atoms with Gasteiger partial charge in [-0.25, -0.2) is 9.07 Å². The topological polar surface area (TPSA) is 67.2 Å². The molecule has 0 aliphatic rings. The van der Waals surface area contributed by atoms with E-state index in [9.17, 15) is 9.18 Å². The number of carbonyl (C=O) groups excluding carboxylic acids is 1. The number of aliphatic hydroxyl groups excluding tert-OH is 1. The number of rotatable bonds is 7. The number of carbonyl (C=O) groups is 1. The van der Waals surface area contributed by atoms with Gasteiger partial charge in [0.2, 0.25) is 0 Å². The molecule has 2 aromatic rings. The van der Waals surface area contributed by atoms with Crippen LogP contribution in [0.4, 0.5) is 4.39 Å². The van der Waals surface area contributed by atoms with E-state index in [0.717, 1.165) is 5.75 Å². The van der Waals surface area contributed by atoms with Crippen molar-refractivity contribution in [3.05, 3.63) is 47.5 Å². The van der Waals surface area contributed by atoms with Crippen molar-refractivity contribution in [3.8, 4) is 5.69 Å². The molecule has 23 heavy (non-hydrogen) atoms. The molecule has 0 radical (unpaired) electrons. The fourth-order valence-electron chi connectivity index (χ4n) is 2.29. The first kappa shape index (κ1) is 17.5.